The predicted molar refractivity (Wildman–Crippen MR) is 53.2 cm³/mol. The summed E-state index contributed by atoms with van der Waals surface area (Å²) in [5.41, 5.74) is 1.57. The van der Waals surface area contributed by atoms with Gasteiger partial charge in [0.25, 0.3) is 0 Å². The largest absolute Gasteiger partial charge is 0.481 e. The van der Waals surface area contributed by atoms with E-state index >= 15 is 0 Å². The number of carboxylic acids is 1. The third-order valence-electron chi connectivity index (χ3n) is 2.76. The lowest BCUT2D eigenvalue weighted by Gasteiger charge is -2.09. The molecular formula is C10H11BO2. The molecule has 0 saturated heterocycles. The Morgan fingerprint density at radius 2 is 1.85 bits per heavy atom. The highest BCUT2D eigenvalue weighted by Crippen LogP contribution is 2.48. The Hall–Kier alpha value is -1.25. The van der Waals surface area contributed by atoms with E-state index in [1.165, 1.54) is 5.46 Å². The average molecular weight is 174 g/mol. The molecule has 1 aromatic rings. The first kappa shape index (κ1) is 8.36. The lowest BCUT2D eigenvalue weighted by molar-refractivity contribution is -0.140. The predicted octanol–water partition coefficient (Wildman–Crippen LogP) is 0.0612. The van der Waals surface area contributed by atoms with Crippen LogP contribution in [-0.4, -0.2) is 18.9 Å². The Morgan fingerprint density at radius 3 is 2.23 bits per heavy atom. The maximum absolute atomic E-state index is 11.0. The van der Waals surface area contributed by atoms with Crippen LogP contribution in [0.1, 0.15) is 18.4 Å². The number of aliphatic carboxylic acids is 1. The third kappa shape index (κ3) is 1.24. The number of hydrogen-bond acceptors (Lipinski definition) is 1. The van der Waals surface area contributed by atoms with Crippen LogP contribution in [0.15, 0.2) is 24.3 Å². The SMILES string of the molecule is Bc1ccc(C2(C(=O)O)CC2)cc1. The lowest BCUT2D eigenvalue weighted by atomic mass is 9.90. The van der Waals surface area contributed by atoms with Crippen molar-refractivity contribution < 1.29 is 9.90 Å². The smallest absolute Gasteiger partial charge is 0.314 e. The molecular weight excluding hydrogens is 163 g/mol. The summed E-state index contributed by atoms with van der Waals surface area (Å²) in [5, 5.41) is 9.03. The van der Waals surface area contributed by atoms with E-state index in [0.717, 1.165) is 18.4 Å². The van der Waals surface area contributed by atoms with Gasteiger partial charge in [-0.25, -0.2) is 0 Å². The van der Waals surface area contributed by atoms with Gasteiger partial charge in [0, 0.05) is 0 Å². The van der Waals surface area contributed by atoms with Crippen LogP contribution in [-0.2, 0) is 10.2 Å². The Morgan fingerprint density at radius 1 is 1.31 bits per heavy atom. The topological polar surface area (TPSA) is 37.3 Å². The molecule has 66 valence electrons. The van der Waals surface area contributed by atoms with Gasteiger partial charge in [-0.1, -0.05) is 29.7 Å². The molecule has 0 aromatic heterocycles. The maximum Gasteiger partial charge on any atom is 0.314 e. The van der Waals surface area contributed by atoms with Crippen molar-refractivity contribution in [3.05, 3.63) is 29.8 Å². The van der Waals surface area contributed by atoms with E-state index in [1.54, 1.807) is 0 Å². The van der Waals surface area contributed by atoms with E-state index in [0.29, 0.717) is 0 Å². The summed E-state index contributed by atoms with van der Waals surface area (Å²) in [6, 6.07) is 7.80. The first-order chi connectivity index (χ1) is 6.15. The quantitative estimate of drug-likeness (QED) is 0.643. The van der Waals surface area contributed by atoms with Crippen molar-refractivity contribution in [2.75, 3.05) is 0 Å². The molecule has 0 radical (unpaired) electrons. The molecule has 0 bridgehead atoms. The minimum atomic E-state index is -0.684. The van der Waals surface area contributed by atoms with E-state index < -0.39 is 11.4 Å². The fourth-order valence-electron chi connectivity index (χ4n) is 1.62. The maximum atomic E-state index is 11.0. The van der Waals surface area contributed by atoms with Crippen molar-refractivity contribution in [2.24, 2.45) is 0 Å². The number of benzene rings is 1. The van der Waals surface area contributed by atoms with Crippen molar-refractivity contribution in [2.45, 2.75) is 18.3 Å². The number of hydrogen-bond donors (Lipinski definition) is 1. The van der Waals surface area contributed by atoms with Crippen molar-refractivity contribution in [3.8, 4) is 0 Å². The van der Waals surface area contributed by atoms with Crippen LogP contribution in [0.5, 0.6) is 0 Å². The van der Waals surface area contributed by atoms with Gasteiger partial charge < -0.3 is 5.11 Å². The monoisotopic (exact) mass is 174 g/mol. The fraction of sp³-hybridized carbons (Fsp3) is 0.300. The van der Waals surface area contributed by atoms with Gasteiger partial charge in [-0.2, -0.15) is 0 Å². The molecule has 1 N–H and O–H groups in total. The molecule has 13 heavy (non-hydrogen) atoms. The number of rotatable bonds is 2. The normalized spacial score (nSPS) is 18.2. The van der Waals surface area contributed by atoms with Gasteiger partial charge in [0.1, 0.15) is 7.85 Å². The molecule has 0 unspecified atom stereocenters. The molecule has 1 aromatic carbocycles. The molecule has 1 aliphatic rings. The van der Waals surface area contributed by atoms with Crippen LogP contribution in [0.3, 0.4) is 0 Å². The molecule has 3 heteroatoms. The summed E-state index contributed by atoms with van der Waals surface area (Å²) in [6.45, 7) is 0. The zero-order valence-electron chi connectivity index (χ0n) is 7.58. The molecule has 2 nitrogen and oxygen atoms in total. The zero-order chi connectivity index (χ0) is 9.47. The van der Waals surface area contributed by atoms with Gasteiger partial charge in [-0.15, -0.1) is 0 Å². The Balaban J connectivity index is 2.36. The second-order valence-corrected chi connectivity index (χ2v) is 3.75. The highest BCUT2D eigenvalue weighted by Gasteiger charge is 2.51. The van der Waals surface area contributed by atoms with Crippen molar-refractivity contribution in [3.63, 3.8) is 0 Å². The van der Waals surface area contributed by atoms with Crippen LogP contribution in [0.4, 0.5) is 0 Å². The summed E-state index contributed by atoms with van der Waals surface area (Å²) in [6.07, 6.45) is 1.57. The van der Waals surface area contributed by atoms with Gasteiger partial charge in [0.15, 0.2) is 0 Å². The van der Waals surface area contributed by atoms with Crippen molar-refractivity contribution >= 4 is 19.3 Å². The third-order valence-corrected chi connectivity index (χ3v) is 2.76. The van der Waals surface area contributed by atoms with E-state index in [2.05, 4.69) is 0 Å². The zero-order valence-corrected chi connectivity index (χ0v) is 7.58. The Bertz CT molecular complexity index is 338. The molecule has 1 saturated carbocycles. The molecule has 0 amide bonds. The van der Waals surface area contributed by atoms with Gasteiger partial charge >= 0.3 is 5.97 Å². The summed E-state index contributed by atoms with van der Waals surface area (Å²) < 4.78 is 0. The van der Waals surface area contributed by atoms with Gasteiger partial charge in [-0.05, 0) is 18.4 Å². The van der Waals surface area contributed by atoms with Crippen LogP contribution in [0.2, 0.25) is 0 Å². The van der Waals surface area contributed by atoms with E-state index in [9.17, 15) is 4.79 Å². The van der Waals surface area contributed by atoms with Gasteiger partial charge in [-0.3, -0.25) is 4.79 Å². The molecule has 0 aliphatic heterocycles. The van der Waals surface area contributed by atoms with Gasteiger partial charge in [0.05, 0.1) is 5.41 Å². The molecule has 0 spiro atoms. The standard InChI is InChI=1S/C10H11BO2/c11-8-3-1-7(2-4-8)10(5-6-10)9(12)13/h1-4H,5-6,11H2,(H,12,13). The summed E-state index contributed by atoms with van der Waals surface area (Å²) in [4.78, 5) is 11.0. The van der Waals surface area contributed by atoms with Crippen molar-refractivity contribution in [1.82, 2.24) is 0 Å². The highest BCUT2D eigenvalue weighted by atomic mass is 16.4. The second-order valence-electron chi connectivity index (χ2n) is 3.75. The van der Waals surface area contributed by atoms with Gasteiger partial charge in [0.2, 0.25) is 0 Å². The summed E-state index contributed by atoms with van der Waals surface area (Å²) in [7, 11) is 2.00. The van der Waals surface area contributed by atoms with Crippen LogP contribution in [0.25, 0.3) is 0 Å². The highest BCUT2D eigenvalue weighted by molar-refractivity contribution is 6.32. The van der Waals surface area contributed by atoms with Crippen LogP contribution in [0, 0.1) is 0 Å². The minimum Gasteiger partial charge on any atom is -0.481 e. The fourth-order valence-corrected chi connectivity index (χ4v) is 1.62. The molecule has 0 atom stereocenters. The van der Waals surface area contributed by atoms with Crippen LogP contribution >= 0.6 is 0 Å². The number of carbonyl (C=O) groups is 1. The molecule has 1 aliphatic carbocycles. The van der Waals surface area contributed by atoms with E-state index in [4.69, 9.17) is 5.11 Å². The second kappa shape index (κ2) is 2.62. The summed E-state index contributed by atoms with van der Waals surface area (Å²) >= 11 is 0. The molecule has 2 rings (SSSR count). The minimum absolute atomic E-state index is 0.548. The molecule has 1 fully saturated rings. The van der Waals surface area contributed by atoms with Crippen LogP contribution < -0.4 is 5.46 Å². The summed E-state index contributed by atoms with van der Waals surface area (Å²) in [5.74, 6) is -0.684. The Kier molecular flexibility index (Phi) is 1.69. The number of carboxylic acid groups (broad SMARTS) is 1. The van der Waals surface area contributed by atoms with E-state index in [-0.39, 0.29) is 0 Å². The first-order valence-corrected chi connectivity index (χ1v) is 4.46. The lowest BCUT2D eigenvalue weighted by Crippen LogP contribution is -2.20. The molecule has 0 heterocycles. The van der Waals surface area contributed by atoms with E-state index in [1.807, 2.05) is 32.1 Å². The first-order valence-electron chi connectivity index (χ1n) is 4.46. The average Bonchev–Trinajstić information content (AvgIpc) is 2.86. The Labute approximate surface area is 78.0 Å². The van der Waals surface area contributed by atoms with Crippen molar-refractivity contribution in [1.29, 1.82) is 0 Å².